The van der Waals surface area contributed by atoms with Gasteiger partial charge in [0.2, 0.25) is 5.91 Å². The highest BCUT2D eigenvalue weighted by atomic mass is 16.1. The molecule has 0 saturated heterocycles. The summed E-state index contributed by atoms with van der Waals surface area (Å²) in [5.74, 6) is -0.365. The Morgan fingerprint density at radius 1 is 1.21 bits per heavy atom. The minimum Gasteiger partial charge on any atom is -0.366 e. The predicted octanol–water partition coefficient (Wildman–Crippen LogP) is 4.43. The molecule has 24 heavy (non-hydrogen) atoms. The van der Waals surface area contributed by atoms with Crippen LogP contribution in [0.1, 0.15) is 47.5 Å². The molecule has 0 aliphatic heterocycles. The van der Waals surface area contributed by atoms with Gasteiger partial charge in [-0.1, -0.05) is 55.4 Å². The van der Waals surface area contributed by atoms with Gasteiger partial charge >= 0.3 is 0 Å². The first-order chi connectivity index (χ1) is 11.2. The number of nitrogens with two attached hydrogens (primary N) is 1. The fourth-order valence-corrected chi connectivity index (χ4v) is 3.11. The smallest absolute Gasteiger partial charge is 0.241 e. The molecule has 3 nitrogen and oxygen atoms in total. The molecule has 0 saturated carbocycles. The second-order valence-electron chi connectivity index (χ2n) is 7.09. The number of rotatable bonds is 6. The van der Waals surface area contributed by atoms with Crippen molar-refractivity contribution in [3.8, 4) is 0 Å². The van der Waals surface area contributed by atoms with Crippen LogP contribution in [-0.4, -0.2) is 12.2 Å². The Morgan fingerprint density at radius 2 is 1.88 bits per heavy atom. The van der Waals surface area contributed by atoms with Crippen LogP contribution in [-0.2, 0) is 9.59 Å². The first kappa shape index (κ1) is 19.9. The Hall–Kier alpha value is -2.16. The van der Waals surface area contributed by atoms with E-state index in [2.05, 4.69) is 32.9 Å². The highest BCUT2D eigenvalue weighted by Gasteiger charge is 2.35. The van der Waals surface area contributed by atoms with Crippen molar-refractivity contribution in [2.45, 2.75) is 47.5 Å². The molecule has 1 unspecified atom stereocenters. The van der Waals surface area contributed by atoms with Crippen molar-refractivity contribution >= 4 is 12.2 Å². The van der Waals surface area contributed by atoms with E-state index in [0.717, 1.165) is 30.3 Å². The molecule has 1 rings (SSSR count). The average molecular weight is 327 g/mol. The minimum atomic E-state index is -0.440. The fourth-order valence-electron chi connectivity index (χ4n) is 3.11. The summed E-state index contributed by atoms with van der Waals surface area (Å²) in [6.07, 6.45) is 14.3. The summed E-state index contributed by atoms with van der Waals surface area (Å²) in [7, 11) is 0. The van der Waals surface area contributed by atoms with Crippen molar-refractivity contribution in [3.63, 3.8) is 0 Å². The largest absolute Gasteiger partial charge is 0.366 e. The van der Waals surface area contributed by atoms with Gasteiger partial charge in [0.1, 0.15) is 6.29 Å². The quantitative estimate of drug-likeness (QED) is 0.446. The van der Waals surface area contributed by atoms with Gasteiger partial charge in [0.05, 0.1) is 0 Å². The van der Waals surface area contributed by atoms with Crippen LogP contribution >= 0.6 is 0 Å². The monoisotopic (exact) mass is 327 g/mol. The molecule has 0 heterocycles. The van der Waals surface area contributed by atoms with Crippen molar-refractivity contribution in [2.24, 2.45) is 17.1 Å². The molecule has 0 aromatic heterocycles. The third kappa shape index (κ3) is 5.48. The maximum Gasteiger partial charge on any atom is 0.241 e. The Bertz CT molecular complexity index is 643. The number of amides is 1. The molecule has 1 atom stereocenters. The zero-order valence-corrected chi connectivity index (χ0v) is 15.4. The van der Waals surface area contributed by atoms with Gasteiger partial charge in [0.15, 0.2) is 0 Å². The summed E-state index contributed by atoms with van der Waals surface area (Å²) in [5, 5.41) is 0. The summed E-state index contributed by atoms with van der Waals surface area (Å²) in [4.78, 5) is 22.1. The Kier molecular flexibility index (Phi) is 7.15. The molecule has 0 aromatic rings. The van der Waals surface area contributed by atoms with Gasteiger partial charge in [-0.05, 0) is 50.2 Å². The lowest BCUT2D eigenvalue weighted by atomic mass is 9.66. The van der Waals surface area contributed by atoms with Crippen LogP contribution in [0.2, 0.25) is 0 Å². The molecule has 1 aliphatic rings. The standard InChI is InChI=1S/C21H29NO2/c1-15(7-6-8-16(2)13-20(22)24)9-12-19-17(3)10-11-18(14-23)21(19,4)5/h6-9,12-14,18H,10-11H2,1-5H3,(H2,22,24)/b8-6+,12-9+,15-7+,16-13+. The number of hydrogen-bond acceptors (Lipinski definition) is 2. The van der Waals surface area contributed by atoms with Gasteiger partial charge < -0.3 is 10.5 Å². The molecule has 3 heteroatoms. The zero-order chi connectivity index (χ0) is 18.3. The maximum atomic E-state index is 11.3. The van der Waals surface area contributed by atoms with Crippen LogP contribution in [0.25, 0.3) is 0 Å². The van der Waals surface area contributed by atoms with E-state index in [1.807, 2.05) is 32.1 Å². The highest BCUT2D eigenvalue weighted by Crippen LogP contribution is 2.44. The molecule has 0 bridgehead atoms. The normalized spacial score (nSPS) is 22.5. The first-order valence-electron chi connectivity index (χ1n) is 8.34. The van der Waals surface area contributed by atoms with E-state index in [9.17, 15) is 9.59 Å². The van der Waals surface area contributed by atoms with Crippen LogP contribution in [0.5, 0.6) is 0 Å². The number of allylic oxidation sites excluding steroid dienone is 9. The van der Waals surface area contributed by atoms with Crippen molar-refractivity contribution in [1.82, 2.24) is 0 Å². The fraction of sp³-hybridized carbons (Fsp3) is 0.429. The van der Waals surface area contributed by atoms with E-state index in [1.165, 1.54) is 17.2 Å². The van der Waals surface area contributed by atoms with E-state index in [1.54, 1.807) is 0 Å². The molecular weight excluding hydrogens is 298 g/mol. The Labute approximate surface area is 145 Å². The third-order valence-corrected chi connectivity index (χ3v) is 4.68. The van der Waals surface area contributed by atoms with E-state index in [4.69, 9.17) is 5.73 Å². The summed E-state index contributed by atoms with van der Waals surface area (Å²) in [6.45, 7) is 10.3. The molecule has 0 radical (unpaired) electrons. The van der Waals surface area contributed by atoms with Crippen LogP contribution in [0.15, 0.2) is 58.7 Å². The summed E-state index contributed by atoms with van der Waals surface area (Å²) in [5.41, 5.74) is 9.51. The summed E-state index contributed by atoms with van der Waals surface area (Å²) >= 11 is 0. The average Bonchev–Trinajstić information content (AvgIpc) is 2.45. The molecule has 130 valence electrons. The van der Waals surface area contributed by atoms with Crippen molar-refractivity contribution in [3.05, 3.63) is 58.7 Å². The van der Waals surface area contributed by atoms with Gasteiger partial charge in [-0.25, -0.2) is 0 Å². The SMILES string of the molecule is CC1=C(/C=C/C(C)=C/C=C/C(C)=C/C(N)=O)C(C)(C)C(C=O)CC1. The molecule has 0 aromatic carbocycles. The topological polar surface area (TPSA) is 60.2 Å². The van der Waals surface area contributed by atoms with Gasteiger partial charge in [-0.15, -0.1) is 0 Å². The molecule has 1 amide bonds. The number of aldehydes is 1. The highest BCUT2D eigenvalue weighted by molar-refractivity contribution is 5.86. The molecule has 0 spiro atoms. The lowest BCUT2D eigenvalue weighted by Gasteiger charge is -2.38. The second kappa shape index (κ2) is 8.62. The summed E-state index contributed by atoms with van der Waals surface area (Å²) < 4.78 is 0. The number of carbonyl (C=O) groups is 2. The van der Waals surface area contributed by atoms with E-state index < -0.39 is 5.91 Å². The maximum absolute atomic E-state index is 11.3. The van der Waals surface area contributed by atoms with Gasteiger partial charge in [-0.3, -0.25) is 4.79 Å². The molecule has 1 aliphatic carbocycles. The second-order valence-corrected chi connectivity index (χ2v) is 7.09. The van der Waals surface area contributed by atoms with Gasteiger partial charge in [0, 0.05) is 12.0 Å². The van der Waals surface area contributed by atoms with Crippen molar-refractivity contribution < 1.29 is 9.59 Å². The summed E-state index contributed by atoms with van der Waals surface area (Å²) in [6, 6.07) is 0. The van der Waals surface area contributed by atoms with Crippen LogP contribution in [0, 0.1) is 11.3 Å². The minimum absolute atomic E-state index is 0.0756. The number of primary amides is 1. The number of hydrogen-bond donors (Lipinski definition) is 1. The van der Waals surface area contributed by atoms with Crippen LogP contribution < -0.4 is 5.73 Å². The van der Waals surface area contributed by atoms with Crippen LogP contribution in [0.4, 0.5) is 0 Å². The lowest BCUT2D eigenvalue weighted by Crippen LogP contribution is -2.31. The first-order valence-corrected chi connectivity index (χ1v) is 8.34. The molecule has 0 fully saturated rings. The van der Waals surface area contributed by atoms with Crippen LogP contribution in [0.3, 0.4) is 0 Å². The van der Waals surface area contributed by atoms with Gasteiger partial charge in [-0.2, -0.15) is 0 Å². The zero-order valence-electron chi connectivity index (χ0n) is 15.4. The van der Waals surface area contributed by atoms with E-state index >= 15 is 0 Å². The molecule has 2 N–H and O–H groups in total. The predicted molar refractivity (Wildman–Crippen MR) is 100 cm³/mol. The van der Waals surface area contributed by atoms with Crippen molar-refractivity contribution in [2.75, 3.05) is 0 Å². The number of carbonyl (C=O) groups excluding carboxylic acids is 2. The van der Waals surface area contributed by atoms with Crippen molar-refractivity contribution in [1.29, 1.82) is 0 Å². The van der Waals surface area contributed by atoms with Gasteiger partial charge in [0.25, 0.3) is 0 Å². The lowest BCUT2D eigenvalue weighted by molar-refractivity contribution is -0.114. The van der Waals surface area contributed by atoms with E-state index in [0.29, 0.717) is 0 Å². The Balaban J connectivity index is 2.90. The molecular formula is C21H29NO2. The third-order valence-electron chi connectivity index (χ3n) is 4.68. The Morgan fingerprint density at radius 3 is 2.46 bits per heavy atom. The van der Waals surface area contributed by atoms with E-state index in [-0.39, 0.29) is 11.3 Å².